The molecule has 1 rings (SSSR count). The van der Waals surface area contributed by atoms with Gasteiger partial charge in [0.1, 0.15) is 19.5 Å². The highest BCUT2D eigenvalue weighted by atomic mass is 16.6. The third-order valence-corrected chi connectivity index (χ3v) is 2.44. The molecule has 7 heteroatoms. The number of aryl methyl sites for hydroxylation is 1. The van der Waals surface area contributed by atoms with Crippen molar-refractivity contribution in [2.45, 2.75) is 20.5 Å². The van der Waals surface area contributed by atoms with Crippen molar-refractivity contribution in [3.05, 3.63) is 29.3 Å². The lowest BCUT2D eigenvalue weighted by Gasteiger charge is -2.11. The first-order valence-corrected chi connectivity index (χ1v) is 6.08. The molecule has 0 N–H and O–H groups in total. The van der Waals surface area contributed by atoms with Crippen molar-refractivity contribution >= 4 is 17.8 Å². The standard InChI is InChI=1S/C14H17NO6/c1-9-5-6-11(8-20-10(2)16)7-12(9)21-13(15-19-4)14(17)18-3/h5-7H,8H2,1-4H3. The summed E-state index contributed by atoms with van der Waals surface area (Å²) in [6, 6.07) is 5.21. The first-order chi connectivity index (χ1) is 9.97. The number of esters is 2. The van der Waals surface area contributed by atoms with Crippen LogP contribution in [-0.4, -0.2) is 32.1 Å². The average molecular weight is 295 g/mol. The molecule has 0 atom stereocenters. The Hall–Kier alpha value is -2.57. The number of rotatable bonds is 4. The zero-order valence-corrected chi connectivity index (χ0v) is 12.3. The van der Waals surface area contributed by atoms with Crippen LogP contribution in [0, 0.1) is 6.92 Å². The van der Waals surface area contributed by atoms with Gasteiger partial charge in [-0.3, -0.25) is 4.79 Å². The van der Waals surface area contributed by atoms with Gasteiger partial charge in [-0.15, -0.1) is 0 Å². The maximum Gasteiger partial charge on any atom is 0.397 e. The minimum atomic E-state index is -0.762. The van der Waals surface area contributed by atoms with E-state index in [0.717, 1.165) is 5.56 Å². The van der Waals surface area contributed by atoms with Gasteiger partial charge in [-0.2, -0.15) is 0 Å². The molecular weight excluding hydrogens is 278 g/mol. The Morgan fingerprint density at radius 2 is 1.95 bits per heavy atom. The highest BCUT2D eigenvalue weighted by Crippen LogP contribution is 2.21. The molecule has 0 heterocycles. The Morgan fingerprint density at radius 3 is 2.52 bits per heavy atom. The Kier molecular flexibility index (Phi) is 6.19. The molecule has 114 valence electrons. The second kappa shape index (κ2) is 7.88. The van der Waals surface area contributed by atoms with Gasteiger partial charge in [-0.05, 0) is 29.3 Å². The lowest BCUT2D eigenvalue weighted by molar-refractivity contribution is -0.142. The van der Waals surface area contributed by atoms with Gasteiger partial charge in [0.05, 0.1) is 7.11 Å². The predicted octanol–water partition coefficient (Wildman–Crippen LogP) is 1.57. The molecule has 1 aromatic carbocycles. The fraction of sp³-hybridized carbons (Fsp3) is 0.357. The second-order valence-corrected chi connectivity index (χ2v) is 4.05. The summed E-state index contributed by atoms with van der Waals surface area (Å²) in [5.41, 5.74) is 1.49. The van der Waals surface area contributed by atoms with E-state index in [9.17, 15) is 9.59 Å². The Balaban J connectivity index is 2.95. The van der Waals surface area contributed by atoms with Gasteiger partial charge in [0.2, 0.25) is 0 Å². The number of nitrogens with zero attached hydrogens (tertiary/aromatic N) is 1. The number of carbonyl (C=O) groups is 2. The van der Waals surface area contributed by atoms with Crippen LogP contribution in [0.15, 0.2) is 23.4 Å². The summed E-state index contributed by atoms with van der Waals surface area (Å²) < 4.78 is 14.8. The van der Waals surface area contributed by atoms with Crippen LogP contribution in [-0.2, 0) is 30.5 Å². The molecule has 0 bridgehead atoms. The van der Waals surface area contributed by atoms with E-state index in [2.05, 4.69) is 14.7 Å². The zero-order chi connectivity index (χ0) is 15.8. The molecule has 0 amide bonds. The van der Waals surface area contributed by atoms with Crippen molar-refractivity contribution in [1.29, 1.82) is 0 Å². The molecule has 0 radical (unpaired) electrons. The fourth-order valence-electron chi connectivity index (χ4n) is 1.40. The molecule has 7 nitrogen and oxygen atoms in total. The lowest BCUT2D eigenvalue weighted by atomic mass is 10.1. The minimum absolute atomic E-state index is 0.112. The van der Waals surface area contributed by atoms with Gasteiger partial charge in [0.15, 0.2) is 0 Å². The number of hydrogen-bond donors (Lipinski definition) is 0. The highest BCUT2D eigenvalue weighted by molar-refractivity contribution is 6.33. The molecule has 0 fully saturated rings. The summed E-state index contributed by atoms with van der Waals surface area (Å²) in [7, 11) is 2.50. The van der Waals surface area contributed by atoms with E-state index in [1.807, 2.05) is 0 Å². The quantitative estimate of drug-likeness (QED) is 0.363. The van der Waals surface area contributed by atoms with Crippen LogP contribution < -0.4 is 4.74 Å². The number of methoxy groups -OCH3 is 1. The topological polar surface area (TPSA) is 83.4 Å². The number of benzene rings is 1. The number of ether oxygens (including phenoxy) is 3. The van der Waals surface area contributed by atoms with Gasteiger partial charge >= 0.3 is 17.8 Å². The Labute approximate surface area is 122 Å². The molecule has 0 spiro atoms. The van der Waals surface area contributed by atoms with Gasteiger partial charge in [-0.1, -0.05) is 12.1 Å². The van der Waals surface area contributed by atoms with Crippen LogP contribution in [0.25, 0.3) is 0 Å². The minimum Gasteiger partial charge on any atom is -0.462 e. The molecule has 0 saturated heterocycles. The molecule has 0 aliphatic carbocycles. The van der Waals surface area contributed by atoms with Crippen LogP contribution in [0.4, 0.5) is 0 Å². The number of oxime groups is 1. The van der Waals surface area contributed by atoms with E-state index in [0.29, 0.717) is 11.3 Å². The SMILES string of the molecule is CON=C(Oc1cc(COC(C)=O)ccc1C)C(=O)OC. The van der Waals surface area contributed by atoms with Crippen molar-refractivity contribution in [1.82, 2.24) is 0 Å². The first kappa shape index (κ1) is 16.5. The second-order valence-electron chi connectivity index (χ2n) is 4.05. The Bertz CT molecular complexity index is 552. The van der Waals surface area contributed by atoms with Crippen molar-refractivity contribution in [2.75, 3.05) is 14.2 Å². The van der Waals surface area contributed by atoms with E-state index in [4.69, 9.17) is 9.47 Å². The first-order valence-electron chi connectivity index (χ1n) is 6.08. The normalized spacial score (nSPS) is 10.8. The molecule has 21 heavy (non-hydrogen) atoms. The van der Waals surface area contributed by atoms with Gasteiger partial charge in [-0.25, -0.2) is 4.79 Å². The van der Waals surface area contributed by atoms with Crippen LogP contribution in [0.2, 0.25) is 0 Å². The summed E-state index contributed by atoms with van der Waals surface area (Å²) in [6.45, 7) is 3.24. The summed E-state index contributed by atoms with van der Waals surface area (Å²) in [5, 5.41) is 3.47. The third kappa shape index (κ3) is 5.13. The van der Waals surface area contributed by atoms with Gasteiger partial charge in [0.25, 0.3) is 0 Å². The maximum atomic E-state index is 11.5. The van der Waals surface area contributed by atoms with Crippen LogP contribution in [0.3, 0.4) is 0 Å². The molecule has 1 aromatic rings. The van der Waals surface area contributed by atoms with Gasteiger partial charge < -0.3 is 19.0 Å². The van der Waals surface area contributed by atoms with Crippen molar-refractivity contribution in [3.8, 4) is 5.75 Å². The van der Waals surface area contributed by atoms with Crippen molar-refractivity contribution in [3.63, 3.8) is 0 Å². The molecule has 0 aromatic heterocycles. The highest BCUT2D eigenvalue weighted by Gasteiger charge is 2.17. The summed E-state index contributed by atoms with van der Waals surface area (Å²) >= 11 is 0. The molecule has 0 saturated carbocycles. The van der Waals surface area contributed by atoms with Gasteiger partial charge in [0, 0.05) is 6.92 Å². The number of carbonyl (C=O) groups excluding carboxylic acids is 2. The summed E-state index contributed by atoms with van der Waals surface area (Å²) in [6.07, 6.45) is 0. The Morgan fingerprint density at radius 1 is 1.24 bits per heavy atom. The van der Waals surface area contributed by atoms with Crippen LogP contribution in [0.1, 0.15) is 18.1 Å². The van der Waals surface area contributed by atoms with E-state index in [1.54, 1.807) is 25.1 Å². The van der Waals surface area contributed by atoms with Crippen molar-refractivity contribution < 1.29 is 28.6 Å². The van der Waals surface area contributed by atoms with E-state index < -0.39 is 5.97 Å². The average Bonchev–Trinajstić information content (AvgIpc) is 2.46. The maximum absolute atomic E-state index is 11.5. The smallest absolute Gasteiger partial charge is 0.397 e. The van der Waals surface area contributed by atoms with Crippen molar-refractivity contribution in [2.24, 2.45) is 5.16 Å². The fourth-order valence-corrected chi connectivity index (χ4v) is 1.40. The monoisotopic (exact) mass is 295 g/mol. The van der Waals surface area contributed by atoms with Crippen LogP contribution in [0.5, 0.6) is 5.75 Å². The molecule has 0 unspecified atom stereocenters. The van der Waals surface area contributed by atoms with E-state index >= 15 is 0 Å². The number of hydrogen-bond acceptors (Lipinski definition) is 7. The largest absolute Gasteiger partial charge is 0.462 e. The van der Waals surface area contributed by atoms with Crippen LogP contribution >= 0.6 is 0 Å². The third-order valence-electron chi connectivity index (χ3n) is 2.44. The molecule has 0 aliphatic rings. The summed E-state index contributed by atoms with van der Waals surface area (Å²) in [4.78, 5) is 26.8. The van der Waals surface area contributed by atoms with E-state index in [1.165, 1.54) is 21.1 Å². The van der Waals surface area contributed by atoms with E-state index in [-0.39, 0.29) is 18.5 Å². The lowest BCUT2D eigenvalue weighted by Crippen LogP contribution is -2.23. The molecular formula is C14H17NO6. The predicted molar refractivity (Wildman–Crippen MR) is 73.7 cm³/mol. The zero-order valence-electron chi connectivity index (χ0n) is 12.3. The summed E-state index contributed by atoms with van der Waals surface area (Å²) in [5.74, 6) is -1.08. The molecule has 0 aliphatic heterocycles.